The maximum Gasteiger partial charge on any atom is 0.286 e. The van der Waals surface area contributed by atoms with Crippen LogP contribution in [0.15, 0.2) is 36.4 Å². The average molecular weight is 227 g/mol. The molecule has 4 heteroatoms. The van der Waals surface area contributed by atoms with Gasteiger partial charge in [-0.1, -0.05) is 30.3 Å². The zero-order valence-corrected chi connectivity index (χ0v) is 9.14. The van der Waals surface area contributed by atoms with E-state index in [4.69, 9.17) is 4.84 Å². The van der Waals surface area contributed by atoms with E-state index in [9.17, 15) is 9.59 Å². The minimum absolute atomic E-state index is 0.399. The van der Waals surface area contributed by atoms with Gasteiger partial charge in [0.1, 0.15) is 0 Å². The number of benzene rings is 2. The van der Waals surface area contributed by atoms with Crippen LogP contribution in [0.25, 0.3) is 10.8 Å². The van der Waals surface area contributed by atoms with Crippen molar-refractivity contribution >= 4 is 22.6 Å². The van der Waals surface area contributed by atoms with Crippen LogP contribution in [0.1, 0.15) is 20.7 Å². The van der Waals surface area contributed by atoms with Gasteiger partial charge >= 0.3 is 0 Å². The Morgan fingerprint density at radius 2 is 1.76 bits per heavy atom. The van der Waals surface area contributed by atoms with Crippen LogP contribution in [0.3, 0.4) is 0 Å². The number of hydrogen-bond acceptors (Lipinski definition) is 3. The zero-order valence-electron chi connectivity index (χ0n) is 9.14. The highest BCUT2D eigenvalue weighted by atomic mass is 16.7. The Hall–Kier alpha value is -2.20. The fourth-order valence-electron chi connectivity index (χ4n) is 2.15. The van der Waals surface area contributed by atoms with Gasteiger partial charge in [-0.05, 0) is 16.8 Å². The van der Waals surface area contributed by atoms with Gasteiger partial charge in [0.2, 0.25) is 0 Å². The summed E-state index contributed by atoms with van der Waals surface area (Å²) in [5, 5.41) is 2.50. The molecule has 2 aromatic carbocycles. The van der Waals surface area contributed by atoms with E-state index in [0.29, 0.717) is 11.1 Å². The molecule has 0 aliphatic carbocycles. The van der Waals surface area contributed by atoms with Crippen molar-refractivity contribution < 1.29 is 14.4 Å². The van der Waals surface area contributed by atoms with Gasteiger partial charge in [-0.3, -0.25) is 14.4 Å². The quantitative estimate of drug-likeness (QED) is 0.700. The predicted molar refractivity (Wildman–Crippen MR) is 61.5 cm³/mol. The third kappa shape index (κ3) is 1.21. The molecule has 1 aliphatic rings. The Labute approximate surface area is 97.4 Å². The van der Waals surface area contributed by atoms with Crippen molar-refractivity contribution in [1.29, 1.82) is 0 Å². The molecule has 0 bridgehead atoms. The van der Waals surface area contributed by atoms with Crippen molar-refractivity contribution in [3.8, 4) is 0 Å². The third-order valence-electron chi connectivity index (χ3n) is 2.92. The van der Waals surface area contributed by atoms with Crippen LogP contribution in [0.4, 0.5) is 0 Å². The number of hydrogen-bond donors (Lipinski definition) is 0. The molecule has 0 unspecified atom stereocenters. The summed E-state index contributed by atoms with van der Waals surface area (Å²) < 4.78 is 0. The first-order valence-electron chi connectivity index (χ1n) is 5.18. The van der Waals surface area contributed by atoms with E-state index in [-0.39, 0.29) is 0 Å². The molecule has 0 N–H and O–H groups in total. The summed E-state index contributed by atoms with van der Waals surface area (Å²) in [5.41, 5.74) is 0.825. The van der Waals surface area contributed by atoms with Gasteiger partial charge in [-0.15, -0.1) is 5.06 Å². The maximum absolute atomic E-state index is 12.0. The van der Waals surface area contributed by atoms with Crippen molar-refractivity contribution in [1.82, 2.24) is 5.06 Å². The number of imide groups is 1. The van der Waals surface area contributed by atoms with Gasteiger partial charge < -0.3 is 0 Å². The fraction of sp³-hybridized carbons (Fsp3) is 0.0769. The highest BCUT2D eigenvalue weighted by Gasteiger charge is 2.37. The van der Waals surface area contributed by atoms with Crippen LogP contribution < -0.4 is 0 Å². The van der Waals surface area contributed by atoms with Crippen LogP contribution in [-0.2, 0) is 4.84 Å². The molecular formula is C13H9NO3. The van der Waals surface area contributed by atoms with Gasteiger partial charge in [0.15, 0.2) is 0 Å². The number of carbonyl (C=O) groups is 2. The van der Waals surface area contributed by atoms with Gasteiger partial charge in [0, 0.05) is 0 Å². The summed E-state index contributed by atoms with van der Waals surface area (Å²) in [6.07, 6.45) is 0. The number of hydroxylamine groups is 2. The molecular weight excluding hydrogens is 218 g/mol. The summed E-state index contributed by atoms with van der Waals surface area (Å²) in [4.78, 5) is 28.7. The van der Waals surface area contributed by atoms with Crippen molar-refractivity contribution in [2.24, 2.45) is 0 Å². The second kappa shape index (κ2) is 3.40. The number of amides is 2. The molecule has 84 valence electrons. The smallest absolute Gasteiger partial charge is 0.266 e. The lowest BCUT2D eigenvalue weighted by Crippen LogP contribution is -2.28. The second-order valence-corrected chi connectivity index (χ2v) is 3.80. The summed E-state index contributed by atoms with van der Waals surface area (Å²) in [7, 11) is 1.31. The highest BCUT2D eigenvalue weighted by molar-refractivity contribution is 6.25. The fourth-order valence-corrected chi connectivity index (χ4v) is 2.15. The molecule has 0 saturated heterocycles. The molecule has 2 aromatic rings. The van der Waals surface area contributed by atoms with Crippen LogP contribution >= 0.6 is 0 Å². The average Bonchev–Trinajstić information content (AvgIpc) is 2.61. The van der Waals surface area contributed by atoms with Gasteiger partial charge in [-0.2, -0.15) is 0 Å². The number of nitrogens with zero attached hydrogens (tertiary/aromatic N) is 1. The Morgan fingerprint density at radius 1 is 1.00 bits per heavy atom. The van der Waals surface area contributed by atoms with E-state index in [1.54, 1.807) is 6.07 Å². The largest absolute Gasteiger partial charge is 0.286 e. The molecule has 0 aromatic heterocycles. The van der Waals surface area contributed by atoms with E-state index >= 15 is 0 Å². The minimum Gasteiger partial charge on any atom is -0.266 e. The van der Waals surface area contributed by atoms with Gasteiger partial charge in [0.25, 0.3) is 11.8 Å². The van der Waals surface area contributed by atoms with Gasteiger partial charge in [-0.25, -0.2) is 0 Å². The maximum atomic E-state index is 12.0. The van der Waals surface area contributed by atoms with E-state index < -0.39 is 11.8 Å². The highest BCUT2D eigenvalue weighted by Crippen LogP contribution is 2.29. The lowest BCUT2D eigenvalue weighted by Gasteiger charge is -2.08. The minimum atomic E-state index is -0.404. The lowest BCUT2D eigenvalue weighted by atomic mass is 10.0. The Bertz CT molecular complexity index is 648. The molecule has 0 fully saturated rings. The molecule has 0 atom stereocenters. The van der Waals surface area contributed by atoms with E-state index in [0.717, 1.165) is 15.8 Å². The first-order valence-corrected chi connectivity index (χ1v) is 5.18. The first-order chi connectivity index (χ1) is 8.24. The van der Waals surface area contributed by atoms with E-state index in [1.807, 2.05) is 30.3 Å². The van der Waals surface area contributed by atoms with Crippen LogP contribution in [0.2, 0.25) is 0 Å². The molecule has 3 rings (SSSR count). The summed E-state index contributed by atoms with van der Waals surface area (Å²) >= 11 is 0. The molecule has 1 heterocycles. The summed E-state index contributed by atoms with van der Waals surface area (Å²) in [6, 6.07) is 11.0. The van der Waals surface area contributed by atoms with E-state index in [1.165, 1.54) is 7.11 Å². The second-order valence-electron chi connectivity index (χ2n) is 3.80. The Kier molecular flexibility index (Phi) is 2.00. The normalized spacial score (nSPS) is 14.5. The monoisotopic (exact) mass is 227 g/mol. The standard InChI is InChI=1S/C13H9NO3/c1-17-14-12(15)10-7-6-8-4-2-3-5-9(8)11(10)13(14)16/h2-7H,1H3. The molecule has 1 aliphatic heterocycles. The van der Waals surface area contributed by atoms with Crippen LogP contribution in [-0.4, -0.2) is 24.0 Å². The van der Waals surface area contributed by atoms with Crippen molar-refractivity contribution in [3.05, 3.63) is 47.5 Å². The predicted octanol–water partition coefficient (Wildman–Crippen LogP) is 2.00. The van der Waals surface area contributed by atoms with Crippen molar-refractivity contribution in [2.45, 2.75) is 0 Å². The summed E-state index contributed by atoms with van der Waals surface area (Å²) in [5.74, 6) is -0.803. The number of fused-ring (bicyclic) bond motifs is 3. The molecule has 2 amide bonds. The van der Waals surface area contributed by atoms with Crippen LogP contribution in [0.5, 0.6) is 0 Å². The van der Waals surface area contributed by atoms with Crippen molar-refractivity contribution in [2.75, 3.05) is 7.11 Å². The van der Waals surface area contributed by atoms with Crippen molar-refractivity contribution in [3.63, 3.8) is 0 Å². The molecule has 17 heavy (non-hydrogen) atoms. The topological polar surface area (TPSA) is 46.6 Å². The molecule has 4 nitrogen and oxygen atoms in total. The lowest BCUT2D eigenvalue weighted by molar-refractivity contribution is -0.0645. The van der Waals surface area contributed by atoms with E-state index in [2.05, 4.69) is 0 Å². The number of rotatable bonds is 1. The molecule has 0 spiro atoms. The Balaban J connectivity index is 2.37. The SMILES string of the molecule is CON1C(=O)c2ccc3ccccc3c2C1=O. The third-order valence-corrected chi connectivity index (χ3v) is 2.92. The zero-order chi connectivity index (χ0) is 12.0. The summed E-state index contributed by atoms with van der Waals surface area (Å²) in [6.45, 7) is 0. The molecule has 0 radical (unpaired) electrons. The van der Waals surface area contributed by atoms with Gasteiger partial charge in [0.05, 0.1) is 18.2 Å². The first kappa shape index (κ1) is 9.99. The Morgan fingerprint density at radius 3 is 2.53 bits per heavy atom. The molecule has 0 saturated carbocycles. The number of carbonyl (C=O) groups excluding carboxylic acids is 2. The van der Waals surface area contributed by atoms with Crippen LogP contribution in [0, 0.1) is 0 Å².